The molecule has 1 saturated carbocycles. The third-order valence-electron chi connectivity index (χ3n) is 8.08. The number of likely N-dealkylation sites (tertiary alicyclic amines) is 1. The number of urea groups is 2. The van der Waals surface area contributed by atoms with Gasteiger partial charge in [-0.1, -0.05) is 18.2 Å². The average molecular weight is 559 g/mol. The van der Waals surface area contributed by atoms with Crippen LogP contribution in [0, 0.1) is 17.5 Å². The molecule has 2 fully saturated rings. The highest BCUT2D eigenvalue weighted by atomic mass is 19.2. The molecule has 1 aliphatic carbocycles. The number of aliphatic carboxylic acids is 1. The Morgan fingerprint density at radius 3 is 2.35 bits per heavy atom. The summed E-state index contributed by atoms with van der Waals surface area (Å²) in [5.74, 6) is -4.18. The first-order valence-corrected chi connectivity index (χ1v) is 13.1. The van der Waals surface area contributed by atoms with E-state index in [1.54, 1.807) is 12.1 Å². The number of rotatable bonds is 5. The molecule has 2 aromatic rings. The van der Waals surface area contributed by atoms with Crippen molar-refractivity contribution in [1.82, 2.24) is 20.4 Å². The number of carbonyl (C=O) groups is 3. The van der Waals surface area contributed by atoms with Gasteiger partial charge in [0.05, 0.1) is 11.2 Å². The first-order valence-electron chi connectivity index (χ1n) is 13.1. The predicted molar refractivity (Wildman–Crippen MR) is 136 cm³/mol. The van der Waals surface area contributed by atoms with Crippen molar-refractivity contribution < 1.29 is 37.8 Å². The first-order chi connectivity index (χ1) is 19.1. The number of halogens is 3. The molecule has 3 aliphatic rings. The van der Waals surface area contributed by atoms with Gasteiger partial charge in [-0.05, 0) is 67.5 Å². The van der Waals surface area contributed by atoms with E-state index >= 15 is 0 Å². The summed E-state index contributed by atoms with van der Waals surface area (Å²) < 4.78 is 40.9. The minimum atomic E-state index is -1.47. The van der Waals surface area contributed by atoms with E-state index < -0.39 is 41.3 Å². The number of carbonyl (C=O) groups excluding carboxylic acids is 2. The lowest BCUT2D eigenvalue weighted by atomic mass is 9.77. The second-order valence-corrected chi connectivity index (χ2v) is 10.5. The smallest absolute Gasteiger partial charge is 0.335 e. The molecule has 0 unspecified atom stereocenters. The van der Waals surface area contributed by atoms with E-state index in [-0.39, 0.29) is 29.0 Å². The number of hydrogen-bond donors (Lipinski definition) is 4. The quantitative estimate of drug-likeness (QED) is 0.444. The monoisotopic (exact) mass is 558 g/mol. The van der Waals surface area contributed by atoms with E-state index in [9.17, 15) is 37.8 Å². The molecule has 2 aromatic carbocycles. The molecule has 2 heterocycles. The van der Waals surface area contributed by atoms with Crippen molar-refractivity contribution in [3.05, 3.63) is 82.8 Å². The molecule has 40 heavy (non-hydrogen) atoms. The summed E-state index contributed by atoms with van der Waals surface area (Å²) in [5, 5.41) is 25.8. The van der Waals surface area contributed by atoms with E-state index in [4.69, 9.17) is 0 Å². The average Bonchev–Trinajstić information content (AvgIpc) is 3.38. The van der Waals surface area contributed by atoms with Crippen molar-refractivity contribution in [3.63, 3.8) is 0 Å². The van der Waals surface area contributed by atoms with Crippen LogP contribution in [0.5, 0.6) is 0 Å². The van der Waals surface area contributed by atoms with Crippen LogP contribution in [0.25, 0.3) is 0 Å². The Kier molecular flexibility index (Phi) is 7.56. The second kappa shape index (κ2) is 10.9. The molecule has 9 nitrogen and oxygen atoms in total. The summed E-state index contributed by atoms with van der Waals surface area (Å²) in [6, 6.07) is 5.17. The lowest BCUT2D eigenvalue weighted by Gasteiger charge is -2.40. The van der Waals surface area contributed by atoms with Gasteiger partial charge in [0.1, 0.15) is 11.9 Å². The van der Waals surface area contributed by atoms with Gasteiger partial charge in [-0.15, -0.1) is 0 Å². The fourth-order valence-electron chi connectivity index (χ4n) is 5.92. The van der Waals surface area contributed by atoms with E-state index in [0.29, 0.717) is 55.7 Å². The number of nitrogens with one attached hydrogen (secondary N) is 2. The van der Waals surface area contributed by atoms with Gasteiger partial charge in [-0.25, -0.2) is 32.5 Å². The van der Waals surface area contributed by atoms with Crippen LogP contribution in [0.15, 0.2) is 54.2 Å². The maximum atomic E-state index is 14.0. The van der Waals surface area contributed by atoms with Gasteiger partial charge in [0, 0.05) is 31.4 Å². The molecule has 0 bridgehead atoms. The number of benzene rings is 2. The molecule has 0 spiro atoms. The third kappa shape index (κ3) is 5.41. The van der Waals surface area contributed by atoms with Gasteiger partial charge in [-0.2, -0.15) is 0 Å². The minimum Gasteiger partial charge on any atom is -0.478 e. The molecule has 0 radical (unpaired) electrons. The number of hydrogen-bond acceptors (Lipinski definition) is 5. The zero-order valence-electron chi connectivity index (χ0n) is 21.4. The highest BCUT2D eigenvalue weighted by Gasteiger charge is 2.42. The number of aliphatic hydroxyl groups is 1. The highest BCUT2D eigenvalue weighted by molar-refractivity contribution is 6.00. The molecule has 4 N–H and O–H groups in total. The van der Waals surface area contributed by atoms with Gasteiger partial charge in [-0.3, -0.25) is 4.90 Å². The normalized spacial score (nSPS) is 27.2. The number of imide groups is 1. The van der Waals surface area contributed by atoms with Crippen molar-refractivity contribution in [3.8, 4) is 0 Å². The Morgan fingerprint density at radius 1 is 1.00 bits per heavy atom. The number of carboxylic acid groups (broad SMARTS) is 1. The van der Waals surface area contributed by atoms with E-state index in [1.165, 1.54) is 12.1 Å². The van der Waals surface area contributed by atoms with Gasteiger partial charge in [0.25, 0.3) is 0 Å². The van der Waals surface area contributed by atoms with Crippen molar-refractivity contribution in [2.45, 2.75) is 55.8 Å². The lowest BCUT2D eigenvalue weighted by Crippen LogP contribution is -2.55. The van der Waals surface area contributed by atoms with Crippen LogP contribution in [-0.4, -0.2) is 63.2 Å². The van der Waals surface area contributed by atoms with E-state index in [1.807, 2.05) is 0 Å². The fraction of sp³-hybridized carbons (Fsp3) is 0.393. The molecule has 1 saturated heterocycles. The predicted octanol–water partition coefficient (Wildman–Crippen LogP) is 3.75. The topological polar surface area (TPSA) is 122 Å². The van der Waals surface area contributed by atoms with Crippen molar-refractivity contribution in [1.29, 1.82) is 0 Å². The number of carboxylic acids is 1. The summed E-state index contributed by atoms with van der Waals surface area (Å²) in [7, 11) is 0. The summed E-state index contributed by atoms with van der Waals surface area (Å²) in [5.41, 5.74) is -0.793. The van der Waals surface area contributed by atoms with Crippen LogP contribution in [0.3, 0.4) is 0 Å². The third-order valence-corrected chi connectivity index (χ3v) is 8.08. The zero-order valence-corrected chi connectivity index (χ0v) is 21.4. The summed E-state index contributed by atoms with van der Waals surface area (Å²) in [4.78, 5) is 40.8. The van der Waals surface area contributed by atoms with Gasteiger partial charge in [0.2, 0.25) is 0 Å². The molecule has 2 aliphatic heterocycles. The first kappa shape index (κ1) is 27.7. The van der Waals surface area contributed by atoms with Gasteiger partial charge < -0.3 is 20.8 Å². The molecule has 4 amide bonds. The van der Waals surface area contributed by atoms with E-state index in [0.717, 1.165) is 24.4 Å². The number of nitrogens with zero attached hydrogens (tertiary/aromatic N) is 2. The van der Waals surface area contributed by atoms with E-state index in [2.05, 4.69) is 15.5 Å². The van der Waals surface area contributed by atoms with Gasteiger partial charge in [0.15, 0.2) is 11.6 Å². The van der Waals surface area contributed by atoms with Crippen LogP contribution in [0.1, 0.15) is 49.3 Å². The fourth-order valence-corrected chi connectivity index (χ4v) is 5.92. The molecule has 5 rings (SSSR count). The number of amides is 4. The van der Waals surface area contributed by atoms with Crippen LogP contribution in [0.2, 0.25) is 0 Å². The van der Waals surface area contributed by atoms with Gasteiger partial charge >= 0.3 is 18.0 Å². The largest absolute Gasteiger partial charge is 0.478 e. The second-order valence-electron chi connectivity index (χ2n) is 10.5. The molecular formula is C28H29F3N4O5. The zero-order chi connectivity index (χ0) is 28.6. The Hall–Kier alpha value is -3.90. The SMILES string of the molecule is O=C(O)C1=CNC(=O)N(C(=O)N[C@@H]2CCN(C3CCC(O)(c4ccc(F)cc4)CC3)C2)[C@H]1c1ccc(F)c(F)c1. The summed E-state index contributed by atoms with van der Waals surface area (Å²) in [6.45, 7) is 1.15. The van der Waals surface area contributed by atoms with Crippen LogP contribution in [-0.2, 0) is 10.4 Å². The Morgan fingerprint density at radius 2 is 1.70 bits per heavy atom. The molecule has 212 valence electrons. The summed E-state index contributed by atoms with van der Waals surface area (Å²) in [6.07, 6.45) is 3.93. The Labute approximate surface area is 228 Å². The van der Waals surface area contributed by atoms with Crippen LogP contribution >= 0.6 is 0 Å². The van der Waals surface area contributed by atoms with Crippen LogP contribution < -0.4 is 10.6 Å². The Bertz CT molecular complexity index is 1340. The maximum Gasteiger partial charge on any atom is 0.335 e. The maximum absolute atomic E-state index is 14.0. The minimum absolute atomic E-state index is 0.0681. The standard InChI is InChI=1S/C28H29F3N4O5/c29-18-4-2-17(3-5-18)28(40)10-7-20(8-11-28)34-12-9-19(15-34)33-27(39)35-24(16-1-6-22(30)23(31)13-16)21(25(36)37)14-32-26(35)38/h1-6,13-14,19-20,24,40H,7-12,15H2,(H,32,38)(H,33,39)(H,36,37)/t19-,20?,24+,28?/m1/s1. The van der Waals surface area contributed by atoms with Crippen molar-refractivity contribution in [2.75, 3.05) is 13.1 Å². The van der Waals surface area contributed by atoms with Crippen molar-refractivity contribution >= 4 is 18.0 Å². The summed E-state index contributed by atoms with van der Waals surface area (Å²) >= 11 is 0. The Balaban J connectivity index is 1.24. The van der Waals surface area contributed by atoms with Crippen LogP contribution in [0.4, 0.5) is 22.8 Å². The molecule has 2 atom stereocenters. The highest BCUT2D eigenvalue weighted by Crippen LogP contribution is 2.39. The molecular weight excluding hydrogens is 529 g/mol. The lowest BCUT2D eigenvalue weighted by molar-refractivity contribution is -0.133. The van der Waals surface area contributed by atoms with Crippen molar-refractivity contribution in [2.24, 2.45) is 0 Å². The molecule has 0 aromatic heterocycles. The molecule has 12 heteroatoms.